The molecule has 1 fully saturated rings. The topological polar surface area (TPSA) is 66.5 Å². The van der Waals surface area contributed by atoms with Gasteiger partial charge in [-0.2, -0.15) is 0 Å². The van der Waals surface area contributed by atoms with Gasteiger partial charge in [0.1, 0.15) is 0 Å². The summed E-state index contributed by atoms with van der Waals surface area (Å²) >= 11 is 0. The average Bonchev–Trinajstić information content (AvgIpc) is 2.72. The molecule has 3 rings (SSSR count). The van der Waals surface area contributed by atoms with E-state index >= 15 is 0 Å². The van der Waals surface area contributed by atoms with Crippen molar-refractivity contribution in [2.75, 3.05) is 10.2 Å². The summed E-state index contributed by atoms with van der Waals surface area (Å²) in [4.78, 5) is 37.1. The van der Waals surface area contributed by atoms with E-state index in [2.05, 4.69) is 5.32 Å². The first-order valence-corrected chi connectivity index (χ1v) is 6.98. The summed E-state index contributed by atoms with van der Waals surface area (Å²) in [5, 5.41) is 2.66. The Balaban J connectivity index is 1.85. The highest BCUT2D eigenvalue weighted by Crippen LogP contribution is 2.37. The van der Waals surface area contributed by atoms with Gasteiger partial charge in [0.05, 0.1) is 17.5 Å². The average molecular weight is 284 g/mol. The standard InChI is InChI=1S/C16H16N2O3/c1-10(19)17-11-6-8-12(9-7-11)18-15(20)13-4-2-3-5-14(13)16(18)21/h2-3,6-9,13-14H,4-5H2,1H3,(H,17,19). The molecule has 0 radical (unpaired) electrons. The van der Waals surface area contributed by atoms with Gasteiger partial charge in [0.2, 0.25) is 17.7 Å². The van der Waals surface area contributed by atoms with Crippen LogP contribution in [0.1, 0.15) is 19.8 Å². The largest absolute Gasteiger partial charge is 0.326 e. The third-order valence-corrected chi connectivity index (χ3v) is 3.95. The van der Waals surface area contributed by atoms with Crippen molar-refractivity contribution in [3.8, 4) is 0 Å². The van der Waals surface area contributed by atoms with Crippen LogP contribution < -0.4 is 10.2 Å². The number of fused-ring (bicyclic) bond motifs is 1. The van der Waals surface area contributed by atoms with E-state index in [1.165, 1.54) is 11.8 Å². The summed E-state index contributed by atoms with van der Waals surface area (Å²) in [6, 6.07) is 6.76. The molecule has 5 nitrogen and oxygen atoms in total. The smallest absolute Gasteiger partial charge is 0.238 e. The van der Waals surface area contributed by atoms with E-state index in [0.29, 0.717) is 24.2 Å². The summed E-state index contributed by atoms with van der Waals surface area (Å²) in [7, 11) is 0. The lowest BCUT2D eigenvalue weighted by Gasteiger charge is -2.15. The first-order valence-electron chi connectivity index (χ1n) is 6.98. The number of anilines is 2. The van der Waals surface area contributed by atoms with Gasteiger partial charge < -0.3 is 5.32 Å². The number of nitrogens with one attached hydrogen (secondary N) is 1. The minimum absolute atomic E-state index is 0.123. The first kappa shape index (κ1) is 13.5. The summed E-state index contributed by atoms with van der Waals surface area (Å²) in [5.74, 6) is -0.855. The van der Waals surface area contributed by atoms with Crippen LogP contribution in [0.2, 0.25) is 0 Å². The number of nitrogens with zero attached hydrogens (tertiary/aromatic N) is 1. The molecule has 2 unspecified atom stereocenters. The van der Waals surface area contributed by atoms with E-state index in [-0.39, 0.29) is 29.6 Å². The number of hydrogen-bond donors (Lipinski definition) is 1. The van der Waals surface area contributed by atoms with Gasteiger partial charge in [-0.25, -0.2) is 0 Å². The first-order chi connectivity index (χ1) is 10.1. The zero-order valence-corrected chi connectivity index (χ0v) is 11.7. The fraction of sp³-hybridized carbons (Fsp3) is 0.312. The van der Waals surface area contributed by atoms with Gasteiger partial charge >= 0.3 is 0 Å². The van der Waals surface area contributed by atoms with Crippen LogP contribution in [-0.4, -0.2) is 17.7 Å². The molecule has 21 heavy (non-hydrogen) atoms. The fourth-order valence-corrected chi connectivity index (χ4v) is 2.95. The molecule has 2 aliphatic rings. The number of rotatable bonds is 2. The van der Waals surface area contributed by atoms with Crippen molar-refractivity contribution in [2.24, 2.45) is 11.8 Å². The molecule has 5 heteroatoms. The van der Waals surface area contributed by atoms with Crippen LogP contribution in [-0.2, 0) is 14.4 Å². The van der Waals surface area contributed by atoms with Gasteiger partial charge in [-0.05, 0) is 37.1 Å². The van der Waals surface area contributed by atoms with Gasteiger partial charge in [0, 0.05) is 12.6 Å². The predicted molar refractivity (Wildman–Crippen MR) is 78.6 cm³/mol. The summed E-state index contributed by atoms with van der Waals surface area (Å²) < 4.78 is 0. The second-order valence-electron chi connectivity index (χ2n) is 5.40. The molecular weight excluding hydrogens is 268 g/mol. The van der Waals surface area contributed by atoms with Crippen molar-refractivity contribution >= 4 is 29.1 Å². The maximum atomic E-state index is 12.4. The van der Waals surface area contributed by atoms with Crippen LogP contribution >= 0.6 is 0 Å². The Labute approximate surface area is 122 Å². The number of carbonyl (C=O) groups excluding carboxylic acids is 3. The molecule has 0 aromatic heterocycles. The summed E-state index contributed by atoms with van der Waals surface area (Å²) in [6.45, 7) is 1.43. The number of imide groups is 1. The van der Waals surface area contributed by atoms with Crippen LogP contribution in [0.4, 0.5) is 11.4 Å². The van der Waals surface area contributed by atoms with Crippen molar-refractivity contribution in [1.82, 2.24) is 0 Å². The zero-order valence-electron chi connectivity index (χ0n) is 11.7. The monoisotopic (exact) mass is 284 g/mol. The van der Waals surface area contributed by atoms with Crippen molar-refractivity contribution in [1.29, 1.82) is 0 Å². The molecule has 1 aliphatic carbocycles. The Hall–Kier alpha value is -2.43. The normalized spacial score (nSPS) is 24.1. The maximum Gasteiger partial charge on any atom is 0.238 e. The molecule has 1 aliphatic heterocycles. The maximum absolute atomic E-state index is 12.4. The Morgan fingerprint density at radius 3 is 2.05 bits per heavy atom. The summed E-state index contributed by atoms with van der Waals surface area (Å²) in [6.07, 6.45) is 5.21. The predicted octanol–water partition coefficient (Wildman–Crippen LogP) is 2.10. The number of benzene rings is 1. The van der Waals surface area contributed by atoms with Gasteiger partial charge in [-0.15, -0.1) is 0 Å². The highest BCUT2D eigenvalue weighted by molar-refractivity contribution is 6.22. The third-order valence-electron chi connectivity index (χ3n) is 3.95. The Bertz CT molecular complexity index is 607. The minimum Gasteiger partial charge on any atom is -0.326 e. The molecule has 1 saturated heterocycles. The van der Waals surface area contributed by atoms with Crippen molar-refractivity contribution in [2.45, 2.75) is 19.8 Å². The second-order valence-corrected chi connectivity index (χ2v) is 5.40. The molecule has 1 heterocycles. The van der Waals surface area contributed by atoms with Crippen molar-refractivity contribution in [3.63, 3.8) is 0 Å². The quantitative estimate of drug-likeness (QED) is 0.668. The van der Waals surface area contributed by atoms with Crippen molar-refractivity contribution in [3.05, 3.63) is 36.4 Å². The lowest BCUT2D eigenvalue weighted by atomic mass is 9.85. The lowest BCUT2D eigenvalue weighted by Crippen LogP contribution is -2.30. The molecule has 3 amide bonds. The van der Waals surface area contributed by atoms with E-state index in [0.717, 1.165) is 0 Å². The molecule has 0 saturated carbocycles. The number of allylic oxidation sites excluding steroid dienone is 2. The number of hydrogen-bond acceptors (Lipinski definition) is 3. The fourth-order valence-electron chi connectivity index (χ4n) is 2.95. The van der Waals surface area contributed by atoms with Crippen LogP contribution in [0.5, 0.6) is 0 Å². The van der Waals surface area contributed by atoms with Gasteiger partial charge in [0.25, 0.3) is 0 Å². The number of amides is 3. The molecule has 1 N–H and O–H groups in total. The van der Waals surface area contributed by atoms with Crippen LogP contribution in [0.25, 0.3) is 0 Å². The van der Waals surface area contributed by atoms with E-state index in [4.69, 9.17) is 0 Å². The van der Waals surface area contributed by atoms with Gasteiger partial charge in [-0.1, -0.05) is 12.2 Å². The highest BCUT2D eigenvalue weighted by Gasteiger charge is 2.47. The van der Waals surface area contributed by atoms with E-state index in [1.807, 2.05) is 12.2 Å². The Morgan fingerprint density at radius 1 is 1.05 bits per heavy atom. The number of carbonyl (C=O) groups is 3. The molecule has 0 bridgehead atoms. The molecule has 0 spiro atoms. The van der Waals surface area contributed by atoms with Crippen molar-refractivity contribution < 1.29 is 14.4 Å². The minimum atomic E-state index is -0.225. The second kappa shape index (κ2) is 5.16. The van der Waals surface area contributed by atoms with E-state index in [1.54, 1.807) is 24.3 Å². The highest BCUT2D eigenvalue weighted by atomic mass is 16.2. The Morgan fingerprint density at radius 2 is 1.57 bits per heavy atom. The Kier molecular flexibility index (Phi) is 3.33. The molecule has 108 valence electrons. The summed E-state index contributed by atoms with van der Waals surface area (Å²) in [5.41, 5.74) is 1.21. The third kappa shape index (κ3) is 2.35. The van der Waals surface area contributed by atoms with E-state index < -0.39 is 0 Å². The van der Waals surface area contributed by atoms with Crippen LogP contribution in [0.15, 0.2) is 36.4 Å². The molecular formula is C16H16N2O3. The van der Waals surface area contributed by atoms with E-state index in [9.17, 15) is 14.4 Å². The molecule has 2 atom stereocenters. The SMILES string of the molecule is CC(=O)Nc1ccc(N2C(=O)C3CC=CCC3C2=O)cc1. The van der Waals surface area contributed by atoms with Crippen LogP contribution in [0, 0.1) is 11.8 Å². The lowest BCUT2D eigenvalue weighted by molar-refractivity contribution is -0.122. The van der Waals surface area contributed by atoms with Gasteiger partial charge in [-0.3, -0.25) is 19.3 Å². The van der Waals surface area contributed by atoms with Gasteiger partial charge in [0.15, 0.2) is 0 Å². The zero-order chi connectivity index (χ0) is 15.0. The molecule has 1 aromatic rings. The molecule has 1 aromatic carbocycles. The van der Waals surface area contributed by atoms with Crippen LogP contribution in [0.3, 0.4) is 0 Å².